The summed E-state index contributed by atoms with van der Waals surface area (Å²) >= 11 is 0. The van der Waals surface area contributed by atoms with E-state index in [0.717, 1.165) is 0 Å². The van der Waals surface area contributed by atoms with Crippen molar-refractivity contribution < 1.29 is 19.4 Å². The van der Waals surface area contributed by atoms with Gasteiger partial charge >= 0.3 is 5.97 Å². The van der Waals surface area contributed by atoms with E-state index in [1.807, 2.05) is 0 Å². The Balaban J connectivity index is 2.57. The highest BCUT2D eigenvalue weighted by atomic mass is 16.6. The normalized spacial score (nSPS) is 12.1. The van der Waals surface area contributed by atoms with Gasteiger partial charge in [0.15, 0.2) is 0 Å². The molecule has 0 bridgehead atoms. The number of hydrogen-bond acceptors (Lipinski definition) is 4. The predicted octanol–water partition coefficient (Wildman–Crippen LogP) is 1.58. The highest BCUT2D eigenvalue weighted by Gasteiger charge is 2.11. The number of ether oxygens (including phenoxy) is 2. The molecule has 1 rings (SSSR count). The van der Waals surface area contributed by atoms with Crippen LogP contribution in [0.25, 0.3) is 0 Å². The molecule has 0 spiro atoms. The van der Waals surface area contributed by atoms with Gasteiger partial charge in [0, 0.05) is 7.11 Å². The predicted molar refractivity (Wildman–Crippen MR) is 54.9 cm³/mol. The number of benzene rings is 1. The number of aromatic hydroxyl groups is 1. The summed E-state index contributed by atoms with van der Waals surface area (Å²) in [4.78, 5) is 11.5. The fraction of sp³-hybridized carbons (Fsp3) is 0.364. The third-order valence-electron chi connectivity index (χ3n) is 1.81. The molecule has 1 unspecified atom stereocenters. The van der Waals surface area contributed by atoms with Crippen LogP contribution in [0.15, 0.2) is 24.3 Å². The van der Waals surface area contributed by atoms with E-state index in [-0.39, 0.29) is 11.9 Å². The fourth-order valence-electron chi connectivity index (χ4n) is 1.12. The molecule has 0 saturated carbocycles. The number of carbonyl (C=O) groups is 1. The maximum Gasteiger partial charge on any atom is 0.338 e. The quantitative estimate of drug-likeness (QED) is 0.766. The number of methoxy groups -OCH3 is 1. The largest absolute Gasteiger partial charge is 0.508 e. The van der Waals surface area contributed by atoms with Crippen molar-refractivity contribution in [2.24, 2.45) is 0 Å². The molecule has 0 aliphatic carbocycles. The molecule has 1 aromatic rings. The second kappa shape index (κ2) is 5.36. The van der Waals surface area contributed by atoms with E-state index >= 15 is 0 Å². The molecule has 1 aromatic carbocycles. The zero-order valence-electron chi connectivity index (χ0n) is 8.77. The fourth-order valence-corrected chi connectivity index (χ4v) is 1.12. The number of phenols is 1. The average molecular weight is 210 g/mol. The number of esters is 1. The topological polar surface area (TPSA) is 55.8 Å². The summed E-state index contributed by atoms with van der Waals surface area (Å²) in [6, 6.07) is 5.91. The Labute approximate surface area is 88.4 Å². The van der Waals surface area contributed by atoms with Crippen molar-refractivity contribution in [2.45, 2.75) is 13.0 Å². The molecule has 0 radical (unpaired) electrons. The first kappa shape index (κ1) is 11.5. The molecule has 0 amide bonds. The maximum atomic E-state index is 11.5. The van der Waals surface area contributed by atoms with Gasteiger partial charge in [0.05, 0.1) is 12.2 Å². The monoisotopic (exact) mass is 210 g/mol. The van der Waals surface area contributed by atoms with E-state index in [4.69, 9.17) is 14.6 Å². The molecular weight excluding hydrogens is 196 g/mol. The average Bonchev–Trinajstić information content (AvgIpc) is 2.18. The number of phenolic OH excluding ortho intramolecular Hbond substituents is 1. The van der Waals surface area contributed by atoms with Gasteiger partial charge < -0.3 is 14.6 Å². The Kier molecular flexibility index (Phi) is 4.12. The van der Waals surface area contributed by atoms with Crippen molar-refractivity contribution in [1.82, 2.24) is 0 Å². The minimum atomic E-state index is -0.417. The molecule has 82 valence electrons. The zero-order chi connectivity index (χ0) is 11.3. The van der Waals surface area contributed by atoms with E-state index in [1.165, 1.54) is 24.3 Å². The number of hydrogen-bond donors (Lipinski definition) is 1. The minimum Gasteiger partial charge on any atom is -0.508 e. The van der Waals surface area contributed by atoms with Crippen LogP contribution in [-0.2, 0) is 9.47 Å². The van der Waals surface area contributed by atoms with Gasteiger partial charge in [0.25, 0.3) is 0 Å². The Morgan fingerprint density at radius 1 is 1.40 bits per heavy atom. The van der Waals surface area contributed by atoms with Crippen LogP contribution in [0.3, 0.4) is 0 Å². The molecule has 0 heterocycles. The molecular formula is C11H14O4. The van der Waals surface area contributed by atoms with Crippen molar-refractivity contribution in [1.29, 1.82) is 0 Å². The summed E-state index contributed by atoms with van der Waals surface area (Å²) < 4.78 is 9.91. The first-order valence-corrected chi connectivity index (χ1v) is 4.62. The molecule has 4 heteroatoms. The Bertz CT molecular complexity index is 318. The smallest absolute Gasteiger partial charge is 0.338 e. The second-order valence-corrected chi connectivity index (χ2v) is 3.22. The van der Waals surface area contributed by atoms with Gasteiger partial charge in [0.2, 0.25) is 0 Å². The first-order valence-electron chi connectivity index (χ1n) is 4.62. The Morgan fingerprint density at radius 3 is 2.53 bits per heavy atom. The molecule has 1 atom stereocenters. The molecule has 4 nitrogen and oxygen atoms in total. The third kappa shape index (κ3) is 3.59. The lowest BCUT2D eigenvalue weighted by Gasteiger charge is -2.11. The van der Waals surface area contributed by atoms with Crippen LogP contribution in [0.5, 0.6) is 5.75 Å². The van der Waals surface area contributed by atoms with Crippen molar-refractivity contribution in [3.63, 3.8) is 0 Å². The lowest BCUT2D eigenvalue weighted by atomic mass is 10.2. The van der Waals surface area contributed by atoms with Crippen LogP contribution in [0.1, 0.15) is 17.3 Å². The van der Waals surface area contributed by atoms with Crippen molar-refractivity contribution in [3.8, 4) is 5.75 Å². The Morgan fingerprint density at radius 2 is 2.00 bits per heavy atom. The lowest BCUT2D eigenvalue weighted by Crippen LogP contribution is -2.19. The third-order valence-corrected chi connectivity index (χ3v) is 1.81. The van der Waals surface area contributed by atoms with Gasteiger partial charge in [-0.25, -0.2) is 4.79 Å². The van der Waals surface area contributed by atoms with Crippen molar-refractivity contribution in [3.05, 3.63) is 29.8 Å². The van der Waals surface area contributed by atoms with E-state index in [0.29, 0.717) is 12.2 Å². The van der Waals surface area contributed by atoms with E-state index in [1.54, 1.807) is 14.0 Å². The minimum absolute atomic E-state index is 0.122. The zero-order valence-corrected chi connectivity index (χ0v) is 8.77. The summed E-state index contributed by atoms with van der Waals surface area (Å²) in [6.45, 7) is 2.12. The molecule has 0 saturated heterocycles. The standard InChI is InChI=1S/C11H14O4/c1-8(7-14-2)15-11(13)9-3-5-10(12)6-4-9/h3-6,8,12H,7H2,1-2H3. The summed E-state index contributed by atoms with van der Waals surface area (Å²) in [5.74, 6) is -0.295. The van der Waals surface area contributed by atoms with Gasteiger partial charge in [-0.05, 0) is 31.2 Å². The molecule has 15 heavy (non-hydrogen) atoms. The van der Waals surface area contributed by atoms with Crippen molar-refractivity contribution in [2.75, 3.05) is 13.7 Å². The maximum absolute atomic E-state index is 11.5. The summed E-state index contributed by atoms with van der Waals surface area (Å²) in [5.41, 5.74) is 0.413. The molecule has 0 aliphatic heterocycles. The summed E-state index contributed by atoms with van der Waals surface area (Å²) in [6.07, 6.45) is -0.281. The van der Waals surface area contributed by atoms with Crippen LogP contribution in [0.4, 0.5) is 0 Å². The van der Waals surface area contributed by atoms with Gasteiger partial charge in [-0.15, -0.1) is 0 Å². The van der Waals surface area contributed by atoms with E-state index < -0.39 is 5.97 Å². The highest BCUT2D eigenvalue weighted by molar-refractivity contribution is 5.89. The molecule has 0 fully saturated rings. The second-order valence-electron chi connectivity index (χ2n) is 3.22. The summed E-state index contributed by atoms with van der Waals surface area (Å²) in [7, 11) is 1.55. The molecule has 0 aliphatic rings. The van der Waals surface area contributed by atoms with Gasteiger partial charge in [-0.1, -0.05) is 0 Å². The summed E-state index contributed by atoms with van der Waals surface area (Å²) in [5, 5.41) is 9.03. The first-order chi connectivity index (χ1) is 7.13. The van der Waals surface area contributed by atoms with Crippen LogP contribution < -0.4 is 0 Å². The van der Waals surface area contributed by atoms with E-state index in [9.17, 15) is 4.79 Å². The number of carbonyl (C=O) groups excluding carboxylic acids is 1. The van der Waals surface area contributed by atoms with Gasteiger partial charge in [-0.2, -0.15) is 0 Å². The van der Waals surface area contributed by atoms with Crippen LogP contribution in [0, 0.1) is 0 Å². The SMILES string of the molecule is COCC(C)OC(=O)c1ccc(O)cc1. The molecule has 1 N–H and O–H groups in total. The lowest BCUT2D eigenvalue weighted by molar-refractivity contribution is 0.0120. The van der Waals surface area contributed by atoms with Crippen molar-refractivity contribution >= 4 is 5.97 Å². The molecule has 0 aromatic heterocycles. The highest BCUT2D eigenvalue weighted by Crippen LogP contribution is 2.11. The van der Waals surface area contributed by atoms with Gasteiger partial charge in [-0.3, -0.25) is 0 Å². The Hall–Kier alpha value is -1.55. The van der Waals surface area contributed by atoms with Crippen LogP contribution in [0.2, 0.25) is 0 Å². The number of rotatable bonds is 4. The van der Waals surface area contributed by atoms with Gasteiger partial charge in [0.1, 0.15) is 11.9 Å². The van der Waals surface area contributed by atoms with Crippen LogP contribution >= 0.6 is 0 Å². The van der Waals surface area contributed by atoms with E-state index in [2.05, 4.69) is 0 Å². The van der Waals surface area contributed by atoms with Crippen LogP contribution in [-0.4, -0.2) is 30.9 Å².